The topological polar surface area (TPSA) is 26.0 Å². The summed E-state index contributed by atoms with van der Waals surface area (Å²) in [6, 6.07) is 4.86. The van der Waals surface area contributed by atoms with E-state index < -0.39 is 23.3 Å². The summed E-state index contributed by atoms with van der Waals surface area (Å²) in [6.07, 6.45) is -4.62. The van der Waals surface area contributed by atoms with Gasteiger partial charge >= 0.3 is 6.18 Å². The third kappa shape index (κ3) is 2.16. The Balaban J connectivity index is 2.24. The van der Waals surface area contributed by atoms with Crippen LogP contribution in [-0.4, -0.2) is 12.7 Å². The van der Waals surface area contributed by atoms with Crippen LogP contribution in [0.1, 0.15) is 24.0 Å². The van der Waals surface area contributed by atoms with Crippen molar-refractivity contribution in [3.63, 3.8) is 0 Å². The first-order valence-electron chi connectivity index (χ1n) is 5.39. The maximum Gasteiger partial charge on any atom is 0.416 e. The molecule has 0 radical (unpaired) electrons. The van der Waals surface area contributed by atoms with Gasteiger partial charge in [0.15, 0.2) is 0 Å². The van der Waals surface area contributed by atoms with Crippen molar-refractivity contribution in [3.05, 3.63) is 35.4 Å². The fourth-order valence-corrected chi connectivity index (χ4v) is 2.32. The van der Waals surface area contributed by atoms with Crippen molar-refractivity contribution in [2.45, 2.75) is 30.6 Å². The zero-order valence-electron chi connectivity index (χ0n) is 9.10. The fourth-order valence-electron chi connectivity index (χ4n) is 2.32. The van der Waals surface area contributed by atoms with Gasteiger partial charge in [0.2, 0.25) is 0 Å². The molecule has 1 aromatic carbocycles. The summed E-state index contributed by atoms with van der Waals surface area (Å²) < 4.78 is 50.0. The molecular formula is C12H13F4N. The molecule has 2 rings (SSSR count). The lowest BCUT2D eigenvalue weighted by molar-refractivity contribution is -0.137. The molecule has 5 heteroatoms. The second-order valence-corrected chi connectivity index (χ2v) is 4.57. The maximum absolute atomic E-state index is 12.9. The SMILES string of the molecule is NCC1(c2ccc(C(F)(F)F)cc2)CC(F)C1. The monoisotopic (exact) mass is 247 g/mol. The van der Waals surface area contributed by atoms with Gasteiger partial charge in [-0.2, -0.15) is 13.2 Å². The van der Waals surface area contributed by atoms with Crippen molar-refractivity contribution in [2.75, 3.05) is 6.54 Å². The lowest BCUT2D eigenvalue weighted by atomic mass is 9.63. The van der Waals surface area contributed by atoms with E-state index in [9.17, 15) is 17.6 Å². The predicted molar refractivity (Wildman–Crippen MR) is 56.3 cm³/mol. The van der Waals surface area contributed by atoms with E-state index in [4.69, 9.17) is 5.73 Å². The van der Waals surface area contributed by atoms with E-state index in [1.165, 1.54) is 12.1 Å². The molecule has 17 heavy (non-hydrogen) atoms. The molecule has 0 atom stereocenters. The van der Waals surface area contributed by atoms with Crippen LogP contribution in [0.15, 0.2) is 24.3 Å². The molecule has 1 saturated carbocycles. The minimum Gasteiger partial charge on any atom is -0.330 e. The molecule has 0 aromatic heterocycles. The van der Waals surface area contributed by atoms with Crippen LogP contribution in [0.25, 0.3) is 0 Å². The average molecular weight is 247 g/mol. The van der Waals surface area contributed by atoms with Gasteiger partial charge in [-0.1, -0.05) is 12.1 Å². The minimum absolute atomic E-state index is 0.263. The molecule has 1 aromatic rings. The van der Waals surface area contributed by atoms with Gasteiger partial charge < -0.3 is 5.73 Å². The highest BCUT2D eigenvalue weighted by molar-refractivity contribution is 5.33. The van der Waals surface area contributed by atoms with Crippen molar-refractivity contribution >= 4 is 0 Å². The molecule has 94 valence electrons. The van der Waals surface area contributed by atoms with E-state index in [0.29, 0.717) is 18.4 Å². The standard InChI is InChI=1S/C12H13F4N/c13-10-5-11(6-10,7-17)8-1-3-9(4-2-8)12(14,15)16/h1-4,10H,5-7,17H2. The van der Waals surface area contributed by atoms with Crippen LogP contribution in [0, 0.1) is 0 Å². The Morgan fingerprint density at radius 1 is 1.18 bits per heavy atom. The lowest BCUT2D eigenvalue weighted by Gasteiger charge is -2.44. The molecule has 0 unspecified atom stereocenters. The smallest absolute Gasteiger partial charge is 0.330 e. The van der Waals surface area contributed by atoms with Crippen molar-refractivity contribution in [3.8, 4) is 0 Å². The van der Waals surface area contributed by atoms with E-state index in [-0.39, 0.29) is 6.54 Å². The zero-order chi connectivity index (χ0) is 12.7. The minimum atomic E-state index is -4.34. The summed E-state index contributed by atoms with van der Waals surface area (Å²) in [5.74, 6) is 0. The normalized spacial score (nSPS) is 28.9. The summed E-state index contributed by atoms with van der Waals surface area (Å²) in [4.78, 5) is 0. The van der Waals surface area contributed by atoms with Gasteiger partial charge in [-0.05, 0) is 30.5 Å². The summed E-state index contributed by atoms with van der Waals surface area (Å²) in [5, 5.41) is 0. The first-order chi connectivity index (χ1) is 7.87. The molecule has 0 saturated heterocycles. The molecule has 0 spiro atoms. The van der Waals surface area contributed by atoms with Crippen LogP contribution in [-0.2, 0) is 11.6 Å². The second kappa shape index (κ2) is 3.98. The van der Waals surface area contributed by atoms with Crippen molar-refractivity contribution in [2.24, 2.45) is 5.73 Å². The molecule has 0 heterocycles. The quantitative estimate of drug-likeness (QED) is 0.799. The van der Waals surface area contributed by atoms with E-state index in [1.54, 1.807) is 0 Å². The van der Waals surface area contributed by atoms with Gasteiger partial charge in [-0.3, -0.25) is 0 Å². The van der Waals surface area contributed by atoms with Gasteiger partial charge in [0.05, 0.1) is 5.56 Å². The Morgan fingerprint density at radius 2 is 1.71 bits per heavy atom. The highest BCUT2D eigenvalue weighted by Gasteiger charge is 2.45. The molecule has 1 aliphatic rings. The van der Waals surface area contributed by atoms with Crippen LogP contribution in [0.3, 0.4) is 0 Å². The van der Waals surface area contributed by atoms with Gasteiger partial charge in [0.1, 0.15) is 6.17 Å². The average Bonchev–Trinajstić information content (AvgIpc) is 2.23. The number of rotatable bonds is 2. The number of nitrogens with two attached hydrogens (primary N) is 1. The summed E-state index contributed by atoms with van der Waals surface area (Å²) in [7, 11) is 0. The third-order valence-corrected chi connectivity index (χ3v) is 3.44. The number of alkyl halides is 4. The number of halogens is 4. The fraction of sp³-hybridized carbons (Fsp3) is 0.500. The summed E-state index contributed by atoms with van der Waals surface area (Å²) >= 11 is 0. The number of hydrogen-bond donors (Lipinski definition) is 1. The van der Waals surface area contributed by atoms with Crippen LogP contribution in [0.5, 0.6) is 0 Å². The van der Waals surface area contributed by atoms with Crippen molar-refractivity contribution in [1.29, 1.82) is 0 Å². The predicted octanol–water partition coefficient (Wildman–Crippen LogP) is 3.03. The van der Waals surface area contributed by atoms with Crippen LogP contribution >= 0.6 is 0 Å². The third-order valence-electron chi connectivity index (χ3n) is 3.44. The van der Waals surface area contributed by atoms with E-state index in [1.807, 2.05) is 0 Å². The van der Waals surface area contributed by atoms with Gasteiger partial charge in [0, 0.05) is 12.0 Å². The largest absolute Gasteiger partial charge is 0.416 e. The Kier molecular flexibility index (Phi) is 2.89. The molecule has 2 N–H and O–H groups in total. The Hall–Kier alpha value is -1.10. The first-order valence-corrected chi connectivity index (χ1v) is 5.39. The number of benzene rings is 1. The zero-order valence-corrected chi connectivity index (χ0v) is 9.10. The van der Waals surface area contributed by atoms with Crippen LogP contribution in [0.4, 0.5) is 17.6 Å². The van der Waals surface area contributed by atoms with Gasteiger partial charge in [0.25, 0.3) is 0 Å². The molecule has 0 amide bonds. The van der Waals surface area contributed by atoms with E-state index >= 15 is 0 Å². The molecule has 1 nitrogen and oxygen atoms in total. The summed E-state index contributed by atoms with van der Waals surface area (Å²) in [5.41, 5.74) is 5.14. The Bertz CT molecular complexity index is 390. The molecule has 0 aliphatic heterocycles. The van der Waals surface area contributed by atoms with Gasteiger partial charge in [-0.15, -0.1) is 0 Å². The van der Waals surface area contributed by atoms with Crippen molar-refractivity contribution < 1.29 is 17.6 Å². The van der Waals surface area contributed by atoms with Crippen LogP contribution in [0.2, 0.25) is 0 Å². The second-order valence-electron chi connectivity index (χ2n) is 4.57. The Labute approximate surface area is 96.6 Å². The van der Waals surface area contributed by atoms with E-state index in [0.717, 1.165) is 12.1 Å². The molecular weight excluding hydrogens is 234 g/mol. The molecule has 1 aliphatic carbocycles. The maximum atomic E-state index is 12.9. The molecule has 0 bridgehead atoms. The Morgan fingerprint density at radius 3 is 2.06 bits per heavy atom. The summed E-state index contributed by atoms with van der Waals surface area (Å²) in [6.45, 7) is 0.263. The first kappa shape index (κ1) is 12.4. The molecule has 1 fully saturated rings. The van der Waals surface area contributed by atoms with E-state index in [2.05, 4.69) is 0 Å². The van der Waals surface area contributed by atoms with Gasteiger partial charge in [-0.25, -0.2) is 4.39 Å². The highest BCUT2D eigenvalue weighted by atomic mass is 19.4. The number of hydrogen-bond acceptors (Lipinski definition) is 1. The highest BCUT2D eigenvalue weighted by Crippen LogP contribution is 2.45. The lowest BCUT2D eigenvalue weighted by Crippen LogP contribution is -2.48. The van der Waals surface area contributed by atoms with Crippen molar-refractivity contribution in [1.82, 2.24) is 0 Å². The van der Waals surface area contributed by atoms with Crippen LogP contribution < -0.4 is 5.73 Å².